The van der Waals surface area contributed by atoms with E-state index in [4.69, 9.17) is 38.9 Å². The van der Waals surface area contributed by atoms with Crippen molar-refractivity contribution in [3.8, 4) is 17.2 Å². The summed E-state index contributed by atoms with van der Waals surface area (Å²) in [5.41, 5.74) is 6.95. The van der Waals surface area contributed by atoms with Crippen LogP contribution in [0.4, 0.5) is 0 Å². The molecule has 0 heterocycles. The SMILES string of the molecule is CCNC(c1ccc(OCC(=O)NCCOCCOCC(=O)NCCOCCOCC(N)=O)cc1)c1ccc(OC)cc1OC. The Morgan fingerprint density at radius 1 is 0.711 bits per heavy atom. The highest BCUT2D eigenvalue weighted by atomic mass is 16.5. The first-order valence-corrected chi connectivity index (χ1v) is 14.7. The second kappa shape index (κ2) is 22.5. The van der Waals surface area contributed by atoms with Gasteiger partial charge in [-0.15, -0.1) is 0 Å². The summed E-state index contributed by atoms with van der Waals surface area (Å²) in [5, 5.41) is 8.87. The largest absolute Gasteiger partial charge is 0.497 e. The van der Waals surface area contributed by atoms with Gasteiger partial charge < -0.3 is 54.8 Å². The van der Waals surface area contributed by atoms with Crippen molar-refractivity contribution in [1.82, 2.24) is 16.0 Å². The predicted octanol–water partition coefficient (Wildman–Crippen LogP) is 0.566. The van der Waals surface area contributed by atoms with E-state index in [1.54, 1.807) is 14.2 Å². The molecule has 0 fully saturated rings. The second-order valence-corrected chi connectivity index (χ2v) is 9.45. The first kappa shape index (κ1) is 37.2. The van der Waals surface area contributed by atoms with Gasteiger partial charge in [0.1, 0.15) is 30.5 Å². The van der Waals surface area contributed by atoms with Crippen LogP contribution in [0.25, 0.3) is 0 Å². The minimum atomic E-state index is -0.540. The van der Waals surface area contributed by atoms with Crippen molar-refractivity contribution in [2.24, 2.45) is 5.73 Å². The fraction of sp³-hybridized carbons (Fsp3) is 0.516. The molecule has 0 radical (unpaired) electrons. The third-order valence-corrected chi connectivity index (χ3v) is 6.10. The Hall–Kier alpha value is -3.95. The van der Waals surface area contributed by atoms with Crippen molar-refractivity contribution in [1.29, 1.82) is 0 Å². The number of rotatable bonds is 25. The lowest BCUT2D eigenvalue weighted by molar-refractivity contribution is -0.127. The molecule has 0 aliphatic carbocycles. The molecule has 2 aromatic rings. The molecule has 0 saturated carbocycles. The van der Waals surface area contributed by atoms with Gasteiger partial charge in [-0.2, -0.15) is 0 Å². The first-order chi connectivity index (χ1) is 21.9. The minimum Gasteiger partial charge on any atom is -0.497 e. The number of nitrogens with two attached hydrogens (primary N) is 1. The van der Waals surface area contributed by atoms with Crippen LogP contribution in [0.2, 0.25) is 0 Å². The van der Waals surface area contributed by atoms with Crippen LogP contribution in [0.5, 0.6) is 17.2 Å². The lowest BCUT2D eigenvalue weighted by Crippen LogP contribution is -2.32. The highest BCUT2D eigenvalue weighted by molar-refractivity contribution is 5.77. The molecule has 0 aliphatic heterocycles. The minimum absolute atomic E-state index is 0.102. The van der Waals surface area contributed by atoms with Gasteiger partial charge in [0, 0.05) is 24.7 Å². The van der Waals surface area contributed by atoms with Crippen LogP contribution in [0.1, 0.15) is 24.1 Å². The molecule has 250 valence electrons. The van der Waals surface area contributed by atoms with Crippen LogP contribution in [-0.4, -0.2) is 111 Å². The summed E-state index contributed by atoms with van der Waals surface area (Å²) in [4.78, 5) is 34.4. The van der Waals surface area contributed by atoms with Crippen LogP contribution < -0.4 is 35.9 Å². The van der Waals surface area contributed by atoms with E-state index in [9.17, 15) is 14.4 Å². The van der Waals surface area contributed by atoms with Crippen molar-refractivity contribution in [3.63, 3.8) is 0 Å². The number of carbonyl (C=O) groups excluding carboxylic acids is 3. The summed E-state index contributed by atoms with van der Waals surface area (Å²) in [6, 6.07) is 13.2. The van der Waals surface area contributed by atoms with Crippen molar-refractivity contribution in [3.05, 3.63) is 53.6 Å². The molecule has 0 aromatic heterocycles. The van der Waals surface area contributed by atoms with E-state index in [1.165, 1.54) is 0 Å². The number of hydrogen-bond donors (Lipinski definition) is 4. The molecule has 0 bridgehead atoms. The van der Waals surface area contributed by atoms with Crippen LogP contribution >= 0.6 is 0 Å². The zero-order chi connectivity index (χ0) is 32.7. The number of benzene rings is 2. The monoisotopic (exact) mass is 634 g/mol. The van der Waals surface area contributed by atoms with Crippen LogP contribution in [0, 0.1) is 0 Å². The molecule has 3 amide bonds. The summed E-state index contributed by atoms with van der Waals surface area (Å²) in [7, 11) is 3.25. The van der Waals surface area contributed by atoms with Gasteiger partial charge >= 0.3 is 0 Å². The maximum Gasteiger partial charge on any atom is 0.258 e. The number of primary amides is 1. The molecule has 5 N–H and O–H groups in total. The molecule has 2 rings (SSSR count). The van der Waals surface area contributed by atoms with E-state index < -0.39 is 5.91 Å². The molecule has 45 heavy (non-hydrogen) atoms. The van der Waals surface area contributed by atoms with Gasteiger partial charge in [0.2, 0.25) is 11.8 Å². The van der Waals surface area contributed by atoms with E-state index in [2.05, 4.69) is 16.0 Å². The molecule has 1 atom stereocenters. The lowest BCUT2D eigenvalue weighted by Gasteiger charge is -2.22. The number of amides is 3. The molecule has 0 spiro atoms. The quantitative estimate of drug-likeness (QED) is 0.112. The Labute approximate surface area is 264 Å². The molecule has 0 saturated heterocycles. The van der Waals surface area contributed by atoms with Crippen molar-refractivity contribution in [2.75, 3.05) is 93.3 Å². The summed E-state index contributed by atoms with van der Waals surface area (Å²) < 4.78 is 37.4. The number of nitrogens with one attached hydrogen (secondary N) is 3. The van der Waals surface area contributed by atoms with Gasteiger partial charge in [-0.25, -0.2) is 0 Å². The van der Waals surface area contributed by atoms with Crippen LogP contribution in [0.15, 0.2) is 42.5 Å². The molecule has 0 aliphatic rings. The van der Waals surface area contributed by atoms with Gasteiger partial charge in [0.05, 0.1) is 59.9 Å². The topological polar surface area (TPSA) is 178 Å². The van der Waals surface area contributed by atoms with Gasteiger partial charge in [0.25, 0.3) is 5.91 Å². The Kier molecular flexibility index (Phi) is 18.7. The Bertz CT molecular complexity index is 1150. The number of methoxy groups -OCH3 is 2. The third-order valence-electron chi connectivity index (χ3n) is 6.10. The maximum absolute atomic E-state index is 12.2. The molecular formula is C31H46N4O10. The van der Waals surface area contributed by atoms with Crippen LogP contribution in [-0.2, 0) is 33.3 Å². The van der Waals surface area contributed by atoms with Crippen LogP contribution in [0.3, 0.4) is 0 Å². The molecule has 14 heteroatoms. The standard InChI is InChI=1S/C31H46N4O10/c1-4-33-31(26-10-9-25(39-2)19-27(26)40-3)23-5-7-24(8-6-23)45-22-30(38)35-12-14-42-16-18-44-21-29(37)34-11-13-41-15-17-43-20-28(32)36/h5-10,19,31,33H,4,11-18,20-22H2,1-3H3,(H2,32,36)(H,34,37)(H,35,38). The van der Waals surface area contributed by atoms with Gasteiger partial charge in [-0.3, -0.25) is 14.4 Å². The zero-order valence-corrected chi connectivity index (χ0v) is 26.3. The van der Waals surface area contributed by atoms with Gasteiger partial charge in [-0.05, 0) is 36.4 Å². The Morgan fingerprint density at radius 2 is 1.29 bits per heavy atom. The molecular weight excluding hydrogens is 588 g/mol. The average Bonchev–Trinajstić information content (AvgIpc) is 3.05. The van der Waals surface area contributed by atoms with Crippen molar-refractivity contribution >= 4 is 17.7 Å². The Morgan fingerprint density at radius 3 is 1.87 bits per heavy atom. The number of hydrogen-bond acceptors (Lipinski definition) is 11. The molecule has 1 unspecified atom stereocenters. The van der Waals surface area contributed by atoms with E-state index in [0.29, 0.717) is 37.8 Å². The highest BCUT2D eigenvalue weighted by Crippen LogP contribution is 2.33. The molecule has 2 aromatic carbocycles. The first-order valence-electron chi connectivity index (χ1n) is 14.7. The van der Waals surface area contributed by atoms with E-state index in [-0.39, 0.29) is 64.1 Å². The smallest absolute Gasteiger partial charge is 0.258 e. The van der Waals surface area contributed by atoms with Gasteiger partial charge in [-0.1, -0.05) is 19.1 Å². The van der Waals surface area contributed by atoms with E-state index >= 15 is 0 Å². The zero-order valence-electron chi connectivity index (χ0n) is 26.3. The average molecular weight is 635 g/mol. The highest BCUT2D eigenvalue weighted by Gasteiger charge is 2.18. The van der Waals surface area contributed by atoms with E-state index in [0.717, 1.165) is 23.4 Å². The third kappa shape index (κ3) is 15.6. The molecule has 14 nitrogen and oxygen atoms in total. The summed E-state index contributed by atoms with van der Waals surface area (Å²) in [6.45, 7) is 4.67. The normalized spacial score (nSPS) is 11.4. The maximum atomic E-state index is 12.2. The van der Waals surface area contributed by atoms with E-state index in [1.807, 2.05) is 49.4 Å². The predicted molar refractivity (Wildman–Crippen MR) is 165 cm³/mol. The number of ether oxygens (including phenoxy) is 7. The summed E-state index contributed by atoms with van der Waals surface area (Å²) in [6.07, 6.45) is 0. The number of carbonyl (C=O) groups is 3. The van der Waals surface area contributed by atoms with Crippen molar-refractivity contribution < 1.29 is 47.5 Å². The summed E-state index contributed by atoms with van der Waals surface area (Å²) in [5.74, 6) is 0.920. The summed E-state index contributed by atoms with van der Waals surface area (Å²) >= 11 is 0. The Balaban J connectivity index is 1.55. The second-order valence-electron chi connectivity index (χ2n) is 9.45. The fourth-order valence-corrected chi connectivity index (χ4v) is 3.98. The van der Waals surface area contributed by atoms with Gasteiger partial charge in [0.15, 0.2) is 6.61 Å². The van der Waals surface area contributed by atoms with Crippen molar-refractivity contribution in [2.45, 2.75) is 13.0 Å². The lowest BCUT2D eigenvalue weighted by atomic mass is 9.97. The fourth-order valence-electron chi connectivity index (χ4n) is 3.98.